The molecular weight excluding hydrogens is 255 g/mol. The molecule has 0 unspecified atom stereocenters. The van der Waals surface area contributed by atoms with Gasteiger partial charge in [-0.3, -0.25) is 0 Å². The third-order valence-corrected chi connectivity index (χ3v) is 2.07. The lowest BCUT2D eigenvalue weighted by molar-refractivity contribution is -0.143. The number of aromatic nitrogens is 1. The zero-order chi connectivity index (χ0) is 12.5. The highest BCUT2D eigenvalue weighted by molar-refractivity contribution is 6.32. The Morgan fingerprint density at radius 1 is 1.38 bits per heavy atom. The molecule has 0 atom stereocenters. The average molecular weight is 257 g/mol. The third kappa shape index (κ3) is 2.22. The Balaban J connectivity index is 3.55. The van der Waals surface area contributed by atoms with Gasteiger partial charge in [-0.2, -0.15) is 18.4 Å². The number of nitriles is 1. The fourth-order valence-corrected chi connectivity index (χ4v) is 1.27. The van der Waals surface area contributed by atoms with Crippen LogP contribution < -0.4 is 0 Å². The SMILES string of the molecule is N#Cc1cnc(C(F)(F)F)c(C(F)F)c1Cl. The van der Waals surface area contributed by atoms with Crippen LogP contribution in [0, 0.1) is 11.3 Å². The van der Waals surface area contributed by atoms with Gasteiger partial charge in [0, 0.05) is 6.20 Å². The van der Waals surface area contributed by atoms with Crippen molar-refractivity contribution in [2.75, 3.05) is 0 Å². The molecule has 2 nitrogen and oxygen atoms in total. The fraction of sp³-hybridized carbons (Fsp3) is 0.250. The molecule has 16 heavy (non-hydrogen) atoms. The van der Waals surface area contributed by atoms with Crippen molar-refractivity contribution in [2.24, 2.45) is 0 Å². The molecule has 86 valence electrons. The summed E-state index contributed by atoms with van der Waals surface area (Å²) in [6.45, 7) is 0. The Hall–Kier alpha value is -1.42. The second-order valence-electron chi connectivity index (χ2n) is 2.66. The summed E-state index contributed by atoms with van der Waals surface area (Å²) in [5.41, 5.74) is -3.76. The molecule has 0 saturated heterocycles. The molecule has 0 radical (unpaired) electrons. The Morgan fingerprint density at radius 3 is 2.31 bits per heavy atom. The monoisotopic (exact) mass is 256 g/mol. The molecule has 1 aromatic rings. The van der Waals surface area contributed by atoms with Gasteiger partial charge in [0.25, 0.3) is 6.43 Å². The number of pyridine rings is 1. The molecule has 0 N–H and O–H groups in total. The van der Waals surface area contributed by atoms with Crippen LogP contribution in [0.25, 0.3) is 0 Å². The molecule has 0 aliphatic carbocycles. The molecule has 0 bridgehead atoms. The first-order valence-corrected chi connectivity index (χ1v) is 4.10. The van der Waals surface area contributed by atoms with E-state index >= 15 is 0 Å². The summed E-state index contributed by atoms with van der Waals surface area (Å²) in [6, 6.07) is 1.37. The smallest absolute Gasteiger partial charge is 0.250 e. The maximum absolute atomic E-state index is 12.4. The summed E-state index contributed by atoms with van der Waals surface area (Å²) in [5, 5.41) is 7.50. The first-order valence-electron chi connectivity index (χ1n) is 3.73. The normalized spacial score (nSPS) is 11.6. The van der Waals surface area contributed by atoms with Gasteiger partial charge in [-0.15, -0.1) is 0 Å². The Morgan fingerprint density at radius 2 is 1.94 bits per heavy atom. The van der Waals surface area contributed by atoms with Crippen LogP contribution in [0.3, 0.4) is 0 Å². The van der Waals surface area contributed by atoms with Crippen LogP contribution in [-0.2, 0) is 6.18 Å². The zero-order valence-corrected chi connectivity index (χ0v) is 8.07. The van der Waals surface area contributed by atoms with Gasteiger partial charge in [-0.05, 0) is 0 Å². The fourth-order valence-electron chi connectivity index (χ4n) is 1.01. The van der Waals surface area contributed by atoms with Gasteiger partial charge in [0.15, 0.2) is 5.69 Å². The molecule has 0 fully saturated rings. The molecule has 0 aliphatic heterocycles. The van der Waals surface area contributed by atoms with Crippen molar-refractivity contribution in [1.29, 1.82) is 5.26 Å². The molecule has 0 spiro atoms. The van der Waals surface area contributed by atoms with Gasteiger partial charge in [0.1, 0.15) is 6.07 Å². The molecule has 0 aliphatic rings. The van der Waals surface area contributed by atoms with Crippen LogP contribution in [0.5, 0.6) is 0 Å². The van der Waals surface area contributed by atoms with Crippen molar-refractivity contribution in [3.05, 3.63) is 28.0 Å². The maximum atomic E-state index is 12.4. The number of halogens is 6. The molecule has 1 rings (SSSR count). The highest BCUT2D eigenvalue weighted by Crippen LogP contribution is 2.39. The predicted octanol–water partition coefficient (Wildman–Crippen LogP) is 3.56. The van der Waals surface area contributed by atoms with Gasteiger partial charge in [-0.25, -0.2) is 13.8 Å². The molecule has 1 heterocycles. The number of nitrogens with zero attached hydrogens (tertiary/aromatic N) is 2. The minimum absolute atomic E-state index is 0.511. The summed E-state index contributed by atoms with van der Waals surface area (Å²) < 4.78 is 61.7. The van der Waals surface area contributed by atoms with Gasteiger partial charge >= 0.3 is 6.18 Å². The lowest BCUT2D eigenvalue weighted by atomic mass is 10.1. The highest BCUT2D eigenvalue weighted by Gasteiger charge is 2.39. The van der Waals surface area contributed by atoms with E-state index in [2.05, 4.69) is 4.98 Å². The van der Waals surface area contributed by atoms with E-state index in [-0.39, 0.29) is 0 Å². The quantitative estimate of drug-likeness (QED) is 0.720. The Bertz CT molecular complexity index is 449. The summed E-state index contributed by atoms with van der Waals surface area (Å²) in [7, 11) is 0. The van der Waals surface area contributed by atoms with Crippen LogP contribution in [0.2, 0.25) is 5.02 Å². The van der Waals surface area contributed by atoms with E-state index < -0.39 is 34.4 Å². The van der Waals surface area contributed by atoms with Crippen LogP contribution in [-0.4, -0.2) is 4.98 Å². The Kier molecular flexibility index (Phi) is 3.33. The van der Waals surface area contributed by atoms with Crippen molar-refractivity contribution in [2.45, 2.75) is 12.6 Å². The number of hydrogen-bond donors (Lipinski definition) is 0. The molecule has 8 heteroatoms. The number of alkyl halides is 5. The first kappa shape index (κ1) is 12.6. The summed E-state index contributed by atoms with van der Waals surface area (Å²) >= 11 is 5.27. The van der Waals surface area contributed by atoms with Crippen LogP contribution in [0.1, 0.15) is 23.2 Å². The van der Waals surface area contributed by atoms with E-state index in [1.165, 1.54) is 6.07 Å². The molecule has 0 aromatic carbocycles. The molecule has 1 aromatic heterocycles. The lowest BCUT2D eigenvalue weighted by Gasteiger charge is -2.12. The predicted molar refractivity (Wildman–Crippen MR) is 43.9 cm³/mol. The lowest BCUT2D eigenvalue weighted by Crippen LogP contribution is -2.13. The third-order valence-electron chi connectivity index (χ3n) is 1.66. The first-order chi connectivity index (χ1) is 7.29. The van der Waals surface area contributed by atoms with E-state index in [1.54, 1.807) is 0 Å². The van der Waals surface area contributed by atoms with Gasteiger partial charge in [0.2, 0.25) is 0 Å². The van der Waals surface area contributed by atoms with Crippen molar-refractivity contribution < 1.29 is 22.0 Å². The van der Waals surface area contributed by atoms with E-state index in [0.717, 1.165) is 0 Å². The van der Waals surface area contributed by atoms with E-state index in [9.17, 15) is 22.0 Å². The zero-order valence-electron chi connectivity index (χ0n) is 7.32. The largest absolute Gasteiger partial charge is 0.433 e. The molecule has 0 amide bonds. The average Bonchev–Trinajstić information content (AvgIpc) is 2.15. The summed E-state index contributed by atoms with van der Waals surface area (Å²) in [5.74, 6) is 0. The second-order valence-corrected chi connectivity index (χ2v) is 3.04. The van der Waals surface area contributed by atoms with E-state index in [0.29, 0.717) is 6.20 Å². The molecule has 0 saturated carbocycles. The summed E-state index contributed by atoms with van der Waals surface area (Å²) in [4.78, 5) is 2.79. The summed E-state index contributed by atoms with van der Waals surface area (Å²) in [6.07, 6.45) is -7.98. The highest BCUT2D eigenvalue weighted by atomic mass is 35.5. The minimum atomic E-state index is -5.04. The maximum Gasteiger partial charge on any atom is 0.433 e. The van der Waals surface area contributed by atoms with Crippen molar-refractivity contribution in [3.8, 4) is 6.07 Å². The van der Waals surface area contributed by atoms with E-state index in [1.807, 2.05) is 0 Å². The van der Waals surface area contributed by atoms with Crippen LogP contribution >= 0.6 is 11.6 Å². The van der Waals surface area contributed by atoms with Gasteiger partial charge in [-0.1, -0.05) is 11.6 Å². The van der Waals surface area contributed by atoms with Crippen molar-refractivity contribution >= 4 is 11.6 Å². The van der Waals surface area contributed by atoms with Crippen LogP contribution in [0.15, 0.2) is 6.20 Å². The van der Waals surface area contributed by atoms with Crippen LogP contribution in [0.4, 0.5) is 22.0 Å². The van der Waals surface area contributed by atoms with Crippen molar-refractivity contribution in [3.63, 3.8) is 0 Å². The number of hydrogen-bond acceptors (Lipinski definition) is 2. The van der Waals surface area contributed by atoms with E-state index in [4.69, 9.17) is 16.9 Å². The number of rotatable bonds is 1. The standard InChI is InChI=1S/C8H2ClF5N2/c9-5-3(1-15)2-16-6(8(12,13)14)4(5)7(10)11/h2,7H. The van der Waals surface area contributed by atoms with Gasteiger partial charge in [0.05, 0.1) is 16.1 Å². The topological polar surface area (TPSA) is 36.7 Å². The van der Waals surface area contributed by atoms with Gasteiger partial charge < -0.3 is 0 Å². The minimum Gasteiger partial charge on any atom is -0.250 e. The second kappa shape index (κ2) is 4.22. The Labute approximate surface area is 91.3 Å². The molecular formula is C8H2ClF5N2. The van der Waals surface area contributed by atoms with Crippen molar-refractivity contribution in [1.82, 2.24) is 4.98 Å².